The summed E-state index contributed by atoms with van der Waals surface area (Å²) in [6, 6.07) is 10.5. The van der Waals surface area contributed by atoms with E-state index in [0.29, 0.717) is 5.69 Å². The highest BCUT2D eigenvalue weighted by atomic mass is 79.9. The summed E-state index contributed by atoms with van der Waals surface area (Å²) in [6.07, 6.45) is 1.05. The van der Waals surface area contributed by atoms with E-state index in [0.717, 1.165) is 22.7 Å². The second-order valence-electron chi connectivity index (χ2n) is 4.97. The van der Waals surface area contributed by atoms with Gasteiger partial charge in [-0.25, -0.2) is 0 Å². The fourth-order valence-electron chi connectivity index (χ4n) is 2.02. The van der Waals surface area contributed by atoms with Gasteiger partial charge in [0.2, 0.25) is 0 Å². The number of amides is 1. The summed E-state index contributed by atoms with van der Waals surface area (Å²) in [5.74, 6) is -1.28. The highest BCUT2D eigenvalue weighted by molar-refractivity contribution is 9.10. The van der Waals surface area contributed by atoms with Gasteiger partial charge in [-0.1, -0.05) is 15.9 Å². The van der Waals surface area contributed by atoms with Crippen molar-refractivity contribution in [2.75, 3.05) is 12.4 Å². The number of ether oxygens (including phenoxy) is 1. The van der Waals surface area contributed by atoms with Crippen LogP contribution < -0.4 is 10.1 Å². The summed E-state index contributed by atoms with van der Waals surface area (Å²) in [4.78, 5) is 22.6. The predicted octanol–water partition coefficient (Wildman–Crippen LogP) is 3.62. The highest BCUT2D eigenvalue weighted by Crippen LogP contribution is 2.35. The fraction of sp³-hybridized carbons (Fsp3) is 0.0588. The number of nitro groups is 1. The van der Waals surface area contributed by atoms with Gasteiger partial charge in [0.05, 0.1) is 18.1 Å². The number of non-ortho nitro benzene ring substituents is 1. The number of halogens is 1. The number of hydrogen-bond donors (Lipinski definition) is 2. The molecule has 0 heterocycles. The molecular formula is C17H12BrN3O5. The number of anilines is 1. The Hall–Kier alpha value is -3.38. The van der Waals surface area contributed by atoms with E-state index in [1.54, 1.807) is 30.3 Å². The molecule has 0 bridgehead atoms. The number of nitrogens with zero attached hydrogens (tertiary/aromatic N) is 2. The van der Waals surface area contributed by atoms with Crippen LogP contribution in [0.1, 0.15) is 5.56 Å². The van der Waals surface area contributed by atoms with Crippen LogP contribution in [0.15, 0.2) is 46.4 Å². The van der Waals surface area contributed by atoms with Crippen molar-refractivity contribution in [3.63, 3.8) is 0 Å². The molecule has 0 aliphatic rings. The Labute approximate surface area is 156 Å². The number of phenolic OH excluding ortho intramolecular Hbond substituents is 1. The summed E-state index contributed by atoms with van der Waals surface area (Å²) in [5.41, 5.74) is -0.318. The van der Waals surface area contributed by atoms with E-state index >= 15 is 0 Å². The van der Waals surface area contributed by atoms with Gasteiger partial charge >= 0.3 is 0 Å². The normalized spacial score (nSPS) is 10.7. The molecule has 0 saturated heterocycles. The van der Waals surface area contributed by atoms with Crippen LogP contribution in [0.25, 0.3) is 6.08 Å². The smallest absolute Gasteiger partial charge is 0.274 e. The molecule has 2 N–H and O–H groups in total. The lowest BCUT2D eigenvalue weighted by molar-refractivity contribution is -0.385. The molecule has 0 saturated carbocycles. The van der Waals surface area contributed by atoms with Crippen LogP contribution >= 0.6 is 15.9 Å². The van der Waals surface area contributed by atoms with Gasteiger partial charge in [-0.15, -0.1) is 0 Å². The zero-order valence-corrected chi connectivity index (χ0v) is 15.0. The van der Waals surface area contributed by atoms with Crippen molar-refractivity contribution in [3.05, 3.63) is 62.1 Å². The van der Waals surface area contributed by atoms with Crippen molar-refractivity contribution in [1.82, 2.24) is 0 Å². The Morgan fingerprint density at radius 2 is 2.04 bits per heavy atom. The maximum absolute atomic E-state index is 12.3. The molecule has 0 spiro atoms. The summed E-state index contributed by atoms with van der Waals surface area (Å²) in [6.45, 7) is 0. The van der Waals surface area contributed by atoms with Crippen LogP contribution in [0.5, 0.6) is 11.5 Å². The quantitative estimate of drug-likeness (QED) is 0.331. The first kappa shape index (κ1) is 19.0. The van der Waals surface area contributed by atoms with E-state index in [-0.39, 0.29) is 22.6 Å². The largest absolute Gasteiger partial charge is 0.504 e. The van der Waals surface area contributed by atoms with E-state index in [4.69, 9.17) is 4.74 Å². The number of phenols is 1. The first-order valence-corrected chi connectivity index (χ1v) is 7.89. The number of nitriles is 1. The lowest BCUT2D eigenvalue weighted by Crippen LogP contribution is -2.13. The number of benzene rings is 2. The first-order valence-electron chi connectivity index (χ1n) is 7.09. The van der Waals surface area contributed by atoms with Crippen LogP contribution in [-0.4, -0.2) is 23.0 Å². The average Bonchev–Trinajstić information content (AvgIpc) is 2.62. The van der Waals surface area contributed by atoms with Gasteiger partial charge in [0, 0.05) is 21.8 Å². The van der Waals surface area contributed by atoms with Gasteiger partial charge in [0.15, 0.2) is 11.5 Å². The second kappa shape index (κ2) is 8.13. The van der Waals surface area contributed by atoms with Crippen LogP contribution in [0.2, 0.25) is 0 Å². The number of methoxy groups -OCH3 is 1. The van der Waals surface area contributed by atoms with E-state index < -0.39 is 16.6 Å². The number of rotatable bonds is 5. The molecule has 26 heavy (non-hydrogen) atoms. The molecule has 9 heteroatoms. The molecule has 1 amide bonds. The lowest BCUT2D eigenvalue weighted by atomic mass is 10.1. The summed E-state index contributed by atoms with van der Waals surface area (Å²) in [5, 5.41) is 32.9. The zero-order valence-electron chi connectivity index (χ0n) is 13.4. The molecule has 0 atom stereocenters. The Morgan fingerprint density at radius 1 is 1.38 bits per heavy atom. The monoisotopic (exact) mass is 417 g/mol. The highest BCUT2D eigenvalue weighted by Gasteiger charge is 2.18. The molecule has 0 unspecified atom stereocenters. The first-order chi connectivity index (χ1) is 12.3. The second-order valence-corrected chi connectivity index (χ2v) is 5.89. The van der Waals surface area contributed by atoms with Gasteiger partial charge in [-0.2, -0.15) is 5.26 Å². The maximum atomic E-state index is 12.3. The van der Waals surface area contributed by atoms with Gasteiger partial charge in [0.1, 0.15) is 11.6 Å². The summed E-state index contributed by atoms with van der Waals surface area (Å²) >= 11 is 3.27. The molecule has 2 rings (SSSR count). The molecule has 0 aliphatic heterocycles. The van der Waals surface area contributed by atoms with E-state index in [1.807, 2.05) is 0 Å². The lowest BCUT2D eigenvalue weighted by Gasteiger charge is -2.08. The van der Waals surface area contributed by atoms with Crippen molar-refractivity contribution in [2.45, 2.75) is 0 Å². The van der Waals surface area contributed by atoms with Crippen molar-refractivity contribution in [2.24, 2.45) is 0 Å². The van der Waals surface area contributed by atoms with Crippen molar-refractivity contribution in [1.29, 1.82) is 5.26 Å². The SMILES string of the molecule is COc1cc([N+](=O)[O-])cc(/C=C(/C#N)C(=O)Nc2ccc(Br)cc2)c1O. The Bertz CT molecular complexity index is 933. The van der Waals surface area contributed by atoms with Crippen LogP contribution in [0, 0.1) is 21.4 Å². The Kier molecular flexibility index (Phi) is 5.93. The molecular weight excluding hydrogens is 406 g/mol. The third-order valence-corrected chi connectivity index (χ3v) is 3.82. The van der Waals surface area contributed by atoms with Gasteiger partial charge in [-0.05, 0) is 30.3 Å². The number of aromatic hydroxyl groups is 1. The predicted molar refractivity (Wildman–Crippen MR) is 97.7 cm³/mol. The number of hydrogen-bond acceptors (Lipinski definition) is 6. The molecule has 2 aromatic carbocycles. The number of carbonyl (C=O) groups is 1. The Morgan fingerprint density at radius 3 is 2.58 bits per heavy atom. The van der Waals surface area contributed by atoms with Crippen LogP contribution in [-0.2, 0) is 4.79 Å². The minimum absolute atomic E-state index is 0.0847. The minimum Gasteiger partial charge on any atom is -0.504 e. The molecule has 132 valence electrons. The van der Waals surface area contributed by atoms with E-state index in [9.17, 15) is 25.3 Å². The van der Waals surface area contributed by atoms with E-state index in [2.05, 4.69) is 21.2 Å². The average molecular weight is 418 g/mol. The minimum atomic E-state index is -0.723. The molecule has 2 aromatic rings. The third kappa shape index (κ3) is 4.37. The van der Waals surface area contributed by atoms with Crippen molar-refractivity contribution >= 4 is 39.3 Å². The van der Waals surface area contributed by atoms with Crippen molar-refractivity contribution in [3.8, 4) is 17.6 Å². The van der Waals surface area contributed by atoms with Crippen LogP contribution in [0.3, 0.4) is 0 Å². The topological polar surface area (TPSA) is 125 Å². The van der Waals surface area contributed by atoms with Gasteiger partial charge < -0.3 is 15.2 Å². The number of nitro benzene ring substituents is 1. The van der Waals surface area contributed by atoms with Gasteiger partial charge in [-0.3, -0.25) is 14.9 Å². The molecule has 0 radical (unpaired) electrons. The molecule has 0 aromatic heterocycles. The molecule has 0 aliphatic carbocycles. The fourth-order valence-corrected chi connectivity index (χ4v) is 2.29. The molecule has 8 nitrogen and oxygen atoms in total. The van der Waals surface area contributed by atoms with Crippen LogP contribution in [0.4, 0.5) is 11.4 Å². The summed E-state index contributed by atoms with van der Waals surface area (Å²) in [7, 11) is 1.23. The number of nitrogens with one attached hydrogen (secondary N) is 1. The van der Waals surface area contributed by atoms with Crippen molar-refractivity contribution < 1.29 is 19.6 Å². The van der Waals surface area contributed by atoms with Gasteiger partial charge in [0.25, 0.3) is 11.6 Å². The number of carbonyl (C=O) groups excluding carboxylic acids is 1. The zero-order chi connectivity index (χ0) is 19.3. The Balaban J connectivity index is 2.40. The molecule has 0 fully saturated rings. The van der Waals surface area contributed by atoms with E-state index in [1.165, 1.54) is 7.11 Å². The third-order valence-electron chi connectivity index (χ3n) is 3.29. The maximum Gasteiger partial charge on any atom is 0.274 e. The summed E-state index contributed by atoms with van der Waals surface area (Å²) < 4.78 is 5.71. The standard InChI is InChI=1S/C17H12BrN3O5/c1-26-15-8-14(21(24)25)7-10(16(15)22)6-11(9-19)17(23)20-13-4-2-12(18)3-5-13/h2-8,22H,1H3,(H,20,23)/b11-6-.